The van der Waals surface area contributed by atoms with Gasteiger partial charge in [-0.3, -0.25) is 14.6 Å². The maximum Gasteiger partial charge on any atom is 0.573 e. The monoisotopic (exact) mass is 488 g/mol. The van der Waals surface area contributed by atoms with Gasteiger partial charge in [0.1, 0.15) is 5.75 Å². The first kappa shape index (κ1) is 23.6. The first-order chi connectivity index (χ1) is 16.2. The minimum absolute atomic E-state index is 0.0556. The van der Waals surface area contributed by atoms with Crippen molar-refractivity contribution in [2.24, 2.45) is 5.73 Å². The fourth-order valence-electron chi connectivity index (χ4n) is 3.34. The highest BCUT2D eigenvalue weighted by Crippen LogP contribution is 2.36. The second-order valence-corrected chi connectivity index (χ2v) is 8.47. The Morgan fingerprint density at radius 1 is 1.21 bits per heavy atom. The van der Waals surface area contributed by atoms with E-state index < -0.39 is 12.4 Å². The molecule has 176 valence electrons. The van der Waals surface area contributed by atoms with Gasteiger partial charge in [0.2, 0.25) is 5.91 Å². The molecule has 2 aromatic carbocycles. The zero-order chi connectivity index (χ0) is 24.3. The van der Waals surface area contributed by atoms with Crippen LogP contribution < -0.4 is 20.7 Å². The number of hydrogen-bond donors (Lipinski definition) is 2. The number of ether oxygens (including phenoxy) is 1. The van der Waals surface area contributed by atoms with Gasteiger partial charge in [0, 0.05) is 22.4 Å². The topological polar surface area (TPSA) is 97.6 Å². The standard InChI is InChI=1S/C23H19F3N4O3S/c24-23(25,26)33-17-6-3-14(4-7-17)12-30-19-10-15(21(31)29-16-2-1-9-28-11-16)5-8-20(19)34-13-18(27)22(30)32/h1-11,18H,12-13,27H2,(H,29,31)/t18-/m0/s1. The van der Waals surface area contributed by atoms with Crippen molar-refractivity contribution in [1.29, 1.82) is 0 Å². The van der Waals surface area contributed by atoms with Crippen molar-refractivity contribution in [3.8, 4) is 5.75 Å². The first-order valence-electron chi connectivity index (χ1n) is 10.1. The third-order valence-electron chi connectivity index (χ3n) is 4.93. The number of alkyl halides is 3. The van der Waals surface area contributed by atoms with E-state index in [1.165, 1.54) is 47.1 Å². The maximum atomic E-state index is 13.0. The molecule has 0 aliphatic carbocycles. The lowest BCUT2D eigenvalue weighted by molar-refractivity contribution is -0.274. The highest BCUT2D eigenvalue weighted by molar-refractivity contribution is 7.99. The number of halogens is 3. The van der Waals surface area contributed by atoms with Crippen LogP contribution in [0.1, 0.15) is 15.9 Å². The van der Waals surface area contributed by atoms with Crippen LogP contribution in [0.5, 0.6) is 5.75 Å². The number of fused-ring (bicyclic) bond motifs is 1. The van der Waals surface area contributed by atoms with Gasteiger partial charge in [-0.05, 0) is 48.0 Å². The Labute approximate surface area is 197 Å². The number of carbonyl (C=O) groups excluding carboxylic acids is 2. The number of aromatic nitrogens is 1. The number of nitrogens with one attached hydrogen (secondary N) is 1. The predicted octanol–water partition coefficient (Wildman–Crippen LogP) is 4.20. The van der Waals surface area contributed by atoms with Crippen LogP contribution in [0.2, 0.25) is 0 Å². The van der Waals surface area contributed by atoms with Crippen LogP contribution in [0.15, 0.2) is 71.9 Å². The fraction of sp³-hybridized carbons (Fsp3) is 0.174. The molecule has 0 bridgehead atoms. The van der Waals surface area contributed by atoms with E-state index in [2.05, 4.69) is 15.0 Å². The zero-order valence-electron chi connectivity index (χ0n) is 17.6. The van der Waals surface area contributed by atoms with Gasteiger partial charge < -0.3 is 20.7 Å². The van der Waals surface area contributed by atoms with Crippen molar-refractivity contribution in [3.05, 3.63) is 78.1 Å². The Morgan fingerprint density at radius 3 is 2.65 bits per heavy atom. The molecule has 11 heteroatoms. The van der Waals surface area contributed by atoms with Crippen LogP contribution in [0.4, 0.5) is 24.5 Å². The summed E-state index contributed by atoms with van der Waals surface area (Å²) in [5, 5.41) is 2.75. The zero-order valence-corrected chi connectivity index (χ0v) is 18.4. The number of nitrogens with two attached hydrogens (primary N) is 1. The summed E-state index contributed by atoms with van der Waals surface area (Å²) in [7, 11) is 0. The lowest BCUT2D eigenvalue weighted by atomic mass is 10.1. The van der Waals surface area contributed by atoms with Crippen molar-refractivity contribution in [2.75, 3.05) is 16.0 Å². The summed E-state index contributed by atoms with van der Waals surface area (Å²) in [6.07, 6.45) is -1.69. The number of carbonyl (C=O) groups is 2. The molecule has 3 N–H and O–H groups in total. The summed E-state index contributed by atoms with van der Waals surface area (Å²) in [4.78, 5) is 32.0. The minimum atomic E-state index is -4.79. The highest BCUT2D eigenvalue weighted by Gasteiger charge is 2.32. The third kappa shape index (κ3) is 5.67. The first-order valence-corrected chi connectivity index (χ1v) is 11.1. The predicted molar refractivity (Wildman–Crippen MR) is 122 cm³/mol. The Bertz CT molecular complexity index is 1190. The molecule has 3 aromatic rings. The van der Waals surface area contributed by atoms with Gasteiger partial charge in [-0.2, -0.15) is 0 Å². The number of benzene rings is 2. The smallest absolute Gasteiger partial charge is 0.406 e. The van der Waals surface area contributed by atoms with E-state index >= 15 is 0 Å². The summed E-state index contributed by atoms with van der Waals surface area (Å²) in [6.45, 7) is 0.0556. The van der Waals surface area contributed by atoms with Crippen molar-refractivity contribution in [2.45, 2.75) is 23.8 Å². The normalized spacial score (nSPS) is 15.9. The largest absolute Gasteiger partial charge is 0.573 e. The molecule has 1 aliphatic rings. The Morgan fingerprint density at radius 2 is 1.97 bits per heavy atom. The quantitative estimate of drug-likeness (QED) is 0.559. The molecule has 7 nitrogen and oxygen atoms in total. The minimum Gasteiger partial charge on any atom is -0.406 e. The number of anilines is 2. The Hall–Kier alpha value is -3.57. The summed E-state index contributed by atoms with van der Waals surface area (Å²) in [6, 6.07) is 12.9. The van der Waals surface area contributed by atoms with E-state index in [-0.39, 0.29) is 24.1 Å². The Kier molecular flexibility index (Phi) is 6.75. The number of amides is 2. The maximum absolute atomic E-state index is 13.0. The molecule has 0 saturated heterocycles. The number of thioether (sulfide) groups is 1. The molecular weight excluding hydrogens is 469 g/mol. The van der Waals surface area contributed by atoms with Gasteiger partial charge >= 0.3 is 6.36 Å². The third-order valence-corrected chi connectivity index (χ3v) is 6.11. The molecule has 0 spiro atoms. The second-order valence-electron chi connectivity index (χ2n) is 7.41. The molecule has 4 rings (SSSR count). The van der Waals surface area contributed by atoms with Crippen molar-refractivity contribution >= 4 is 35.0 Å². The van der Waals surface area contributed by atoms with E-state index in [9.17, 15) is 22.8 Å². The van der Waals surface area contributed by atoms with E-state index in [0.717, 1.165) is 4.90 Å². The summed E-state index contributed by atoms with van der Waals surface area (Å²) >= 11 is 1.39. The average Bonchev–Trinajstić information content (AvgIpc) is 2.92. The lowest BCUT2D eigenvalue weighted by Gasteiger charge is -2.25. The second kappa shape index (κ2) is 9.74. The summed E-state index contributed by atoms with van der Waals surface area (Å²) < 4.78 is 41.2. The molecule has 0 unspecified atom stereocenters. The molecule has 2 heterocycles. The van der Waals surface area contributed by atoms with Crippen LogP contribution in [0, 0.1) is 0 Å². The van der Waals surface area contributed by atoms with E-state index in [4.69, 9.17) is 5.73 Å². The summed E-state index contributed by atoms with van der Waals surface area (Å²) in [5.41, 5.74) is 7.96. The van der Waals surface area contributed by atoms with Crippen molar-refractivity contribution < 1.29 is 27.5 Å². The molecule has 1 aliphatic heterocycles. The molecule has 1 atom stereocenters. The van der Waals surface area contributed by atoms with Crippen LogP contribution in [-0.4, -0.2) is 35.0 Å². The van der Waals surface area contributed by atoms with Crippen LogP contribution in [0.25, 0.3) is 0 Å². The van der Waals surface area contributed by atoms with Crippen molar-refractivity contribution in [3.63, 3.8) is 0 Å². The van der Waals surface area contributed by atoms with E-state index in [1.54, 1.807) is 36.5 Å². The fourth-order valence-corrected chi connectivity index (χ4v) is 4.33. The molecule has 0 radical (unpaired) electrons. The van der Waals surface area contributed by atoms with Crippen LogP contribution in [-0.2, 0) is 11.3 Å². The van der Waals surface area contributed by atoms with Gasteiger partial charge in [-0.25, -0.2) is 0 Å². The molecule has 34 heavy (non-hydrogen) atoms. The number of nitrogens with zero attached hydrogens (tertiary/aromatic N) is 2. The molecule has 0 saturated carbocycles. The molecule has 2 amide bonds. The SMILES string of the molecule is N[C@H]1CSc2ccc(C(=O)Nc3cccnc3)cc2N(Cc2ccc(OC(F)(F)F)cc2)C1=O. The van der Waals surface area contributed by atoms with Crippen LogP contribution >= 0.6 is 11.8 Å². The number of pyridine rings is 1. The van der Waals surface area contributed by atoms with Gasteiger partial charge in [-0.15, -0.1) is 24.9 Å². The lowest BCUT2D eigenvalue weighted by Crippen LogP contribution is -2.44. The van der Waals surface area contributed by atoms with E-state index in [1.807, 2.05) is 0 Å². The molecule has 0 fully saturated rings. The van der Waals surface area contributed by atoms with Gasteiger partial charge in [0.15, 0.2) is 0 Å². The van der Waals surface area contributed by atoms with E-state index in [0.29, 0.717) is 28.3 Å². The molecular formula is C23H19F3N4O3S. The Balaban J connectivity index is 1.61. The molecule has 1 aromatic heterocycles. The highest BCUT2D eigenvalue weighted by atomic mass is 32.2. The number of rotatable bonds is 5. The average molecular weight is 488 g/mol. The van der Waals surface area contributed by atoms with Crippen molar-refractivity contribution in [1.82, 2.24) is 4.98 Å². The summed E-state index contributed by atoms with van der Waals surface area (Å²) in [5.74, 6) is -0.746. The van der Waals surface area contributed by atoms with Gasteiger partial charge in [0.25, 0.3) is 5.91 Å². The van der Waals surface area contributed by atoms with Crippen LogP contribution in [0.3, 0.4) is 0 Å². The van der Waals surface area contributed by atoms with Gasteiger partial charge in [0.05, 0.1) is 30.2 Å². The van der Waals surface area contributed by atoms with Gasteiger partial charge in [-0.1, -0.05) is 12.1 Å². The number of hydrogen-bond acceptors (Lipinski definition) is 6.